The van der Waals surface area contributed by atoms with Gasteiger partial charge in [-0.05, 0) is 19.1 Å². The minimum atomic E-state index is -0.638. The second-order valence-electron chi connectivity index (χ2n) is 4.07. The fourth-order valence-corrected chi connectivity index (χ4v) is 1.65. The Morgan fingerprint density at radius 1 is 1.37 bits per heavy atom. The van der Waals surface area contributed by atoms with Crippen LogP contribution in [0.4, 0.5) is 0 Å². The highest BCUT2D eigenvalue weighted by Crippen LogP contribution is 2.15. The highest BCUT2D eigenvalue weighted by atomic mass is 35.5. The van der Waals surface area contributed by atoms with Gasteiger partial charge in [0.2, 0.25) is 5.78 Å². The van der Waals surface area contributed by atoms with E-state index in [4.69, 9.17) is 16.3 Å². The van der Waals surface area contributed by atoms with Crippen molar-refractivity contribution in [2.75, 3.05) is 20.7 Å². The van der Waals surface area contributed by atoms with E-state index in [2.05, 4.69) is 0 Å². The number of esters is 1. The quantitative estimate of drug-likeness (QED) is 0.274. The van der Waals surface area contributed by atoms with Gasteiger partial charge in [0.05, 0.1) is 6.61 Å². The summed E-state index contributed by atoms with van der Waals surface area (Å²) in [5.41, 5.74) is 0.336. The highest BCUT2D eigenvalue weighted by molar-refractivity contribution is 6.31. The standard InChI is InChI=1S/C14H16ClNO3/c1-4-19-14(18)12(9-16(2)3)13(17)10-6-5-7-11(15)8-10/h5-9H,4H2,1-3H3/b12-9+. The number of carbonyl (C=O) groups excluding carboxylic acids is 2. The number of ketones is 1. The lowest BCUT2D eigenvalue weighted by atomic mass is 10.0. The van der Waals surface area contributed by atoms with E-state index in [0.29, 0.717) is 10.6 Å². The van der Waals surface area contributed by atoms with Gasteiger partial charge in [0.1, 0.15) is 5.57 Å². The number of carbonyl (C=O) groups is 2. The first-order valence-corrected chi connectivity index (χ1v) is 6.19. The summed E-state index contributed by atoms with van der Waals surface area (Å²) in [5, 5.41) is 0.443. The van der Waals surface area contributed by atoms with Crippen molar-refractivity contribution in [1.82, 2.24) is 4.90 Å². The summed E-state index contributed by atoms with van der Waals surface area (Å²) in [4.78, 5) is 25.7. The zero-order valence-electron chi connectivity index (χ0n) is 11.1. The molecule has 0 heterocycles. The predicted octanol–water partition coefficient (Wildman–Crippen LogP) is 2.53. The number of hydrogen-bond donors (Lipinski definition) is 0. The lowest BCUT2D eigenvalue weighted by Gasteiger charge is -2.10. The van der Waals surface area contributed by atoms with Crippen molar-refractivity contribution in [3.05, 3.63) is 46.6 Å². The van der Waals surface area contributed by atoms with E-state index in [1.54, 1.807) is 44.1 Å². The Kier molecular flexibility index (Phi) is 5.57. The van der Waals surface area contributed by atoms with Gasteiger partial charge in [-0.2, -0.15) is 0 Å². The first-order valence-electron chi connectivity index (χ1n) is 5.81. The Morgan fingerprint density at radius 2 is 2.05 bits per heavy atom. The molecule has 1 aromatic carbocycles. The zero-order chi connectivity index (χ0) is 14.4. The largest absolute Gasteiger partial charge is 0.462 e. The summed E-state index contributed by atoms with van der Waals surface area (Å²) in [5.74, 6) is -1.05. The average molecular weight is 282 g/mol. The highest BCUT2D eigenvalue weighted by Gasteiger charge is 2.21. The lowest BCUT2D eigenvalue weighted by molar-refractivity contribution is -0.138. The smallest absolute Gasteiger partial charge is 0.343 e. The van der Waals surface area contributed by atoms with Gasteiger partial charge >= 0.3 is 5.97 Å². The molecular formula is C14H16ClNO3. The second-order valence-corrected chi connectivity index (χ2v) is 4.50. The minimum absolute atomic E-state index is 0.0193. The topological polar surface area (TPSA) is 46.6 Å². The molecule has 0 spiro atoms. The van der Waals surface area contributed by atoms with E-state index in [1.807, 2.05) is 0 Å². The summed E-state index contributed by atoms with van der Waals surface area (Å²) in [6.45, 7) is 1.90. The summed E-state index contributed by atoms with van der Waals surface area (Å²) >= 11 is 5.84. The third kappa shape index (κ3) is 4.41. The molecule has 0 radical (unpaired) electrons. The van der Waals surface area contributed by atoms with Gasteiger partial charge < -0.3 is 9.64 Å². The van der Waals surface area contributed by atoms with Crippen LogP contribution in [0.1, 0.15) is 17.3 Å². The van der Waals surface area contributed by atoms with Gasteiger partial charge in [-0.15, -0.1) is 0 Å². The summed E-state index contributed by atoms with van der Waals surface area (Å²) in [7, 11) is 3.45. The first-order chi connectivity index (χ1) is 8.95. The van der Waals surface area contributed by atoms with Gasteiger partial charge in [-0.3, -0.25) is 4.79 Å². The van der Waals surface area contributed by atoms with Gasteiger partial charge in [-0.1, -0.05) is 23.7 Å². The van der Waals surface area contributed by atoms with E-state index in [1.165, 1.54) is 12.3 Å². The maximum absolute atomic E-state index is 12.3. The van der Waals surface area contributed by atoms with Crippen LogP contribution in [0.15, 0.2) is 36.0 Å². The van der Waals surface area contributed by atoms with E-state index in [0.717, 1.165) is 0 Å². The molecule has 0 saturated carbocycles. The van der Waals surface area contributed by atoms with Crippen LogP contribution in [0.5, 0.6) is 0 Å². The molecular weight excluding hydrogens is 266 g/mol. The van der Waals surface area contributed by atoms with Gasteiger partial charge in [-0.25, -0.2) is 4.79 Å². The molecule has 0 saturated heterocycles. The molecule has 0 aliphatic rings. The molecule has 0 amide bonds. The number of hydrogen-bond acceptors (Lipinski definition) is 4. The lowest BCUT2D eigenvalue weighted by Crippen LogP contribution is -2.19. The third-order valence-corrected chi connectivity index (χ3v) is 2.45. The maximum atomic E-state index is 12.3. The Bertz CT molecular complexity index is 509. The Balaban J connectivity index is 3.12. The number of Topliss-reactive ketones (excluding diaryl/α,β-unsaturated/α-hetero) is 1. The van der Waals surface area contributed by atoms with Gasteiger partial charge in [0.25, 0.3) is 0 Å². The van der Waals surface area contributed by atoms with E-state index >= 15 is 0 Å². The number of benzene rings is 1. The van der Waals surface area contributed by atoms with Crippen molar-refractivity contribution in [2.24, 2.45) is 0 Å². The molecule has 0 N–H and O–H groups in total. The molecule has 0 aliphatic heterocycles. The summed E-state index contributed by atoms with van der Waals surface area (Å²) < 4.78 is 4.89. The molecule has 1 rings (SSSR count). The van der Waals surface area contributed by atoms with E-state index in [-0.39, 0.29) is 12.2 Å². The van der Waals surface area contributed by atoms with Crippen molar-refractivity contribution in [3.8, 4) is 0 Å². The molecule has 0 unspecified atom stereocenters. The molecule has 1 aromatic rings. The van der Waals surface area contributed by atoms with Crippen molar-refractivity contribution in [1.29, 1.82) is 0 Å². The van der Waals surface area contributed by atoms with E-state index < -0.39 is 11.8 Å². The van der Waals surface area contributed by atoms with Crippen LogP contribution in [-0.4, -0.2) is 37.4 Å². The average Bonchev–Trinajstić information content (AvgIpc) is 2.35. The molecule has 0 bridgehead atoms. The van der Waals surface area contributed by atoms with Crippen molar-refractivity contribution < 1.29 is 14.3 Å². The van der Waals surface area contributed by atoms with Crippen molar-refractivity contribution >= 4 is 23.4 Å². The van der Waals surface area contributed by atoms with Crippen LogP contribution in [0, 0.1) is 0 Å². The van der Waals surface area contributed by atoms with Crippen LogP contribution < -0.4 is 0 Å². The number of halogens is 1. The summed E-state index contributed by atoms with van der Waals surface area (Å²) in [6.07, 6.45) is 1.45. The Hall–Kier alpha value is -1.81. The summed E-state index contributed by atoms with van der Waals surface area (Å²) in [6, 6.07) is 6.45. The van der Waals surface area contributed by atoms with Gasteiger partial charge in [0.15, 0.2) is 0 Å². The van der Waals surface area contributed by atoms with Gasteiger partial charge in [0, 0.05) is 30.9 Å². The fourth-order valence-electron chi connectivity index (χ4n) is 1.46. The normalized spacial score (nSPS) is 11.1. The van der Waals surface area contributed by atoms with E-state index in [9.17, 15) is 9.59 Å². The Labute approximate surface area is 117 Å². The van der Waals surface area contributed by atoms with Crippen LogP contribution in [0.3, 0.4) is 0 Å². The second kappa shape index (κ2) is 6.95. The molecule has 19 heavy (non-hydrogen) atoms. The first kappa shape index (κ1) is 15.2. The SMILES string of the molecule is CCOC(=O)/C(=C/N(C)C)C(=O)c1cccc(Cl)c1. The fraction of sp³-hybridized carbons (Fsp3) is 0.286. The van der Waals surface area contributed by atoms with Crippen LogP contribution in [0.25, 0.3) is 0 Å². The number of nitrogens with zero attached hydrogens (tertiary/aromatic N) is 1. The Morgan fingerprint density at radius 3 is 2.58 bits per heavy atom. The molecule has 4 nitrogen and oxygen atoms in total. The third-order valence-electron chi connectivity index (χ3n) is 2.21. The number of rotatable bonds is 5. The van der Waals surface area contributed by atoms with Crippen LogP contribution >= 0.6 is 11.6 Å². The molecule has 0 aliphatic carbocycles. The number of ether oxygens (including phenoxy) is 1. The molecule has 5 heteroatoms. The van der Waals surface area contributed by atoms with Crippen molar-refractivity contribution in [2.45, 2.75) is 6.92 Å². The molecule has 0 atom stereocenters. The molecule has 102 valence electrons. The monoisotopic (exact) mass is 281 g/mol. The molecule has 0 aromatic heterocycles. The molecule has 0 fully saturated rings. The van der Waals surface area contributed by atoms with Crippen LogP contribution in [-0.2, 0) is 9.53 Å². The zero-order valence-corrected chi connectivity index (χ0v) is 11.9. The van der Waals surface area contributed by atoms with Crippen LogP contribution in [0.2, 0.25) is 5.02 Å². The minimum Gasteiger partial charge on any atom is -0.462 e. The van der Waals surface area contributed by atoms with Crippen molar-refractivity contribution in [3.63, 3.8) is 0 Å². The maximum Gasteiger partial charge on any atom is 0.343 e. The predicted molar refractivity (Wildman–Crippen MR) is 74.2 cm³/mol.